The molecule has 0 aliphatic heterocycles. The summed E-state index contributed by atoms with van der Waals surface area (Å²) in [6.45, 7) is 2.24. The molecule has 1 aliphatic rings. The maximum atomic E-state index is 14.6. The van der Waals surface area contributed by atoms with E-state index in [2.05, 4.69) is 11.9 Å². The third kappa shape index (κ3) is 3.70. The Morgan fingerprint density at radius 3 is 2.43 bits per heavy atom. The Morgan fingerprint density at radius 2 is 1.83 bits per heavy atom. The van der Waals surface area contributed by atoms with Gasteiger partial charge in [-0.05, 0) is 60.8 Å². The van der Waals surface area contributed by atoms with Gasteiger partial charge in [0.1, 0.15) is 11.0 Å². The van der Waals surface area contributed by atoms with Crippen LogP contribution in [0.4, 0.5) is 4.39 Å². The van der Waals surface area contributed by atoms with Crippen LogP contribution in [-0.4, -0.2) is 4.98 Å². The molecule has 122 valence electrons. The SMILES string of the molecule is CCC1CCC(c2ccc(-c3cnc(Cl)c(Cl)c3)cc2F)CC1. The molecule has 0 spiro atoms. The van der Waals surface area contributed by atoms with E-state index in [0.717, 1.165) is 35.4 Å². The number of rotatable bonds is 3. The highest BCUT2D eigenvalue weighted by molar-refractivity contribution is 6.41. The van der Waals surface area contributed by atoms with Crippen LogP contribution in [0.25, 0.3) is 11.1 Å². The smallest absolute Gasteiger partial charge is 0.147 e. The Bertz CT molecular complexity index is 694. The Balaban J connectivity index is 1.82. The summed E-state index contributed by atoms with van der Waals surface area (Å²) in [6.07, 6.45) is 7.44. The van der Waals surface area contributed by atoms with Crippen molar-refractivity contribution >= 4 is 23.2 Å². The topological polar surface area (TPSA) is 12.9 Å². The Kier molecular flexibility index (Phi) is 5.23. The molecule has 0 atom stereocenters. The van der Waals surface area contributed by atoms with E-state index in [0.29, 0.717) is 10.9 Å². The monoisotopic (exact) mass is 351 g/mol. The molecular weight excluding hydrogens is 332 g/mol. The van der Waals surface area contributed by atoms with Crippen LogP contribution >= 0.6 is 23.2 Å². The summed E-state index contributed by atoms with van der Waals surface area (Å²) in [4.78, 5) is 4.03. The molecule has 1 heterocycles. The molecular formula is C19H20Cl2FN. The summed E-state index contributed by atoms with van der Waals surface area (Å²) in [5.41, 5.74) is 2.40. The highest BCUT2D eigenvalue weighted by Crippen LogP contribution is 2.38. The average molecular weight is 352 g/mol. The van der Waals surface area contributed by atoms with E-state index < -0.39 is 0 Å². The lowest BCUT2D eigenvalue weighted by atomic mass is 9.77. The number of benzene rings is 1. The molecule has 1 nitrogen and oxygen atoms in total. The number of hydrogen-bond donors (Lipinski definition) is 0. The summed E-state index contributed by atoms with van der Waals surface area (Å²) in [6, 6.07) is 7.18. The van der Waals surface area contributed by atoms with Gasteiger partial charge in [-0.15, -0.1) is 0 Å². The lowest BCUT2D eigenvalue weighted by Crippen LogP contribution is -2.13. The minimum Gasteiger partial charge on any atom is -0.242 e. The molecule has 3 rings (SSSR count). The summed E-state index contributed by atoms with van der Waals surface area (Å²) in [5.74, 6) is 1.03. The van der Waals surface area contributed by atoms with Crippen molar-refractivity contribution in [1.29, 1.82) is 0 Å². The third-order valence-electron chi connectivity index (χ3n) is 4.99. The van der Waals surface area contributed by atoms with Gasteiger partial charge >= 0.3 is 0 Å². The van der Waals surface area contributed by atoms with Crippen LogP contribution in [0.3, 0.4) is 0 Å². The van der Waals surface area contributed by atoms with E-state index in [1.807, 2.05) is 12.1 Å². The number of hydrogen-bond acceptors (Lipinski definition) is 1. The van der Waals surface area contributed by atoms with E-state index in [4.69, 9.17) is 23.2 Å². The standard InChI is InChI=1S/C19H20Cl2FN/c1-2-12-3-5-13(6-4-12)16-8-7-14(10-18(16)22)15-9-17(20)19(21)23-11-15/h7-13H,2-6H2,1H3. The Morgan fingerprint density at radius 1 is 1.09 bits per heavy atom. The van der Waals surface area contributed by atoms with Crippen molar-refractivity contribution in [3.63, 3.8) is 0 Å². The van der Waals surface area contributed by atoms with Gasteiger partial charge in [0, 0.05) is 11.8 Å². The van der Waals surface area contributed by atoms with Gasteiger partial charge in [-0.2, -0.15) is 0 Å². The van der Waals surface area contributed by atoms with Crippen molar-refractivity contribution in [2.45, 2.75) is 44.9 Å². The van der Waals surface area contributed by atoms with Crippen LogP contribution in [0.1, 0.15) is 50.5 Å². The Labute approximate surface area is 146 Å². The predicted octanol–water partition coefficient (Wildman–Crippen LogP) is 6.88. The quantitative estimate of drug-likeness (QED) is 0.549. The van der Waals surface area contributed by atoms with E-state index in [1.54, 1.807) is 18.3 Å². The maximum absolute atomic E-state index is 14.6. The summed E-state index contributed by atoms with van der Waals surface area (Å²) < 4.78 is 14.6. The molecule has 23 heavy (non-hydrogen) atoms. The van der Waals surface area contributed by atoms with E-state index in [-0.39, 0.29) is 11.0 Å². The van der Waals surface area contributed by atoms with Crippen molar-refractivity contribution in [2.24, 2.45) is 5.92 Å². The number of nitrogens with zero attached hydrogens (tertiary/aromatic N) is 1. The van der Waals surface area contributed by atoms with Gasteiger partial charge in [-0.1, -0.05) is 48.7 Å². The predicted molar refractivity (Wildman–Crippen MR) is 94.6 cm³/mol. The fourth-order valence-electron chi connectivity index (χ4n) is 3.50. The molecule has 0 saturated heterocycles. The van der Waals surface area contributed by atoms with Crippen LogP contribution in [0.15, 0.2) is 30.5 Å². The fraction of sp³-hybridized carbons (Fsp3) is 0.421. The van der Waals surface area contributed by atoms with Crippen LogP contribution < -0.4 is 0 Å². The minimum atomic E-state index is -0.131. The fourth-order valence-corrected chi connectivity index (χ4v) is 3.77. The van der Waals surface area contributed by atoms with Gasteiger partial charge < -0.3 is 0 Å². The van der Waals surface area contributed by atoms with Crippen molar-refractivity contribution in [3.05, 3.63) is 52.0 Å². The third-order valence-corrected chi connectivity index (χ3v) is 5.68. The van der Waals surface area contributed by atoms with Crippen LogP contribution in [0, 0.1) is 11.7 Å². The molecule has 0 unspecified atom stereocenters. The molecule has 0 bridgehead atoms. The van der Waals surface area contributed by atoms with Gasteiger partial charge in [0.15, 0.2) is 0 Å². The highest BCUT2D eigenvalue weighted by Gasteiger charge is 2.23. The molecule has 1 saturated carbocycles. The van der Waals surface area contributed by atoms with Crippen LogP contribution in [0.2, 0.25) is 10.2 Å². The van der Waals surface area contributed by atoms with E-state index in [1.165, 1.54) is 19.3 Å². The molecule has 2 aromatic rings. The lowest BCUT2D eigenvalue weighted by Gasteiger charge is -2.28. The zero-order chi connectivity index (χ0) is 16.4. The normalized spacial score (nSPS) is 21.4. The summed E-state index contributed by atoms with van der Waals surface area (Å²) >= 11 is 11.8. The first-order valence-corrected chi connectivity index (χ1v) is 8.95. The van der Waals surface area contributed by atoms with Crippen molar-refractivity contribution in [2.75, 3.05) is 0 Å². The number of halogens is 3. The molecule has 1 aromatic heterocycles. The molecule has 0 radical (unpaired) electrons. The van der Waals surface area contributed by atoms with Gasteiger partial charge in [0.25, 0.3) is 0 Å². The molecule has 0 amide bonds. The summed E-state index contributed by atoms with van der Waals surface area (Å²) in [7, 11) is 0. The van der Waals surface area contributed by atoms with Crippen molar-refractivity contribution in [3.8, 4) is 11.1 Å². The zero-order valence-electron chi connectivity index (χ0n) is 13.2. The summed E-state index contributed by atoms with van der Waals surface area (Å²) in [5, 5.41) is 0.645. The van der Waals surface area contributed by atoms with Gasteiger partial charge in [0.05, 0.1) is 5.02 Å². The second kappa shape index (κ2) is 7.19. The van der Waals surface area contributed by atoms with Crippen LogP contribution in [-0.2, 0) is 0 Å². The van der Waals surface area contributed by atoms with Gasteiger partial charge in [0.2, 0.25) is 0 Å². The van der Waals surface area contributed by atoms with Crippen molar-refractivity contribution < 1.29 is 4.39 Å². The van der Waals surface area contributed by atoms with Crippen LogP contribution in [0.5, 0.6) is 0 Å². The van der Waals surface area contributed by atoms with Gasteiger partial charge in [-0.25, -0.2) is 9.37 Å². The number of aromatic nitrogens is 1. The zero-order valence-corrected chi connectivity index (χ0v) is 14.7. The van der Waals surface area contributed by atoms with Crippen molar-refractivity contribution in [1.82, 2.24) is 4.98 Å². The minimum absolute atomic E-state index is 0.131. The average Bonchev–Trinajstić information content (AvgIpc) is 2.57. The van der Waals surface area contributed by atoms with E-state index >= 15 is 0 Å². The molecule has 1 fully saturated rings. The Hall–Kier alpha value is -1.12. The maximum Gasteiger partial charge on any atom is 0.147 e. The van der Waals surface area contributed by atoms with E-state index in [9.17, 15) is 4.39 Å². The first-order valence-electron chi connectivity index (χ1n) is 8.19. The molecule has 0 N–H and O–H groups in total. The largest absolute Gasteiger partial charge is 0.242 e. The number of pyridine rings is 1. The first kappa shape index (κ1) is 16.7. The molecule has 1 aromatic carbocycles. The lowest BCUT2D eigenvalue weighted by molar-refractivity contribution is 0.314. The van der Waals surface area contributed by atoms with Gasteiger partial charge in [-0.3, -0.25) is 0 Å². The highest BCUT2D eigenvalue weighted by atomic mass is 35.5. The molecule has 4 heteroatoms. The second-order valence-corrected chi connectivity index (χ2v) is 7.12. The second-order valence-electron chi connectivity index (χ2n) is 6.36. The first-order chi connectivity index (χ1) is 11.1. The molecule has 1 aliphatic carbocycles.